The monoisotopic (exact) mass is 312 g/mol. The van der Waals surface area contributed by atoms with E-state index in [4.69, 9.17) is 9.84 Å². The predicted molar refractivity (Wildman–Crippen MR) is 79.6 cm³/mol. The molecule has 1 aromatic rings. The van der Waals surface area contributed by atoms with Crippen molar-refractivity contribution in [3.8, 4) is 0 Å². The van der Waals surface area contributed by atoms with Gasteiger partial charge < -0.3 is 20.1 Å². The average molecular weight is 312 g/mol. The molecule has 1 unspecified atom stereocenters. The molecule has 0 aliphatic carbocycles. The average Bonchev–Trinajstić information content (AvgIpc) is 2.92. The first-order valence-corrected chi connectivity index (χ1v) is 7.72. The van der Waals surface area contributed by atoms with Crippen molar-refractivity contribution in [2.24, 2.45) is 0 Å². The van der Waals surface area contributed by atoms with E-state index >= 15 is 0 Å². The van der Waals surface area contributed by atoms with Gasteiger partial charge in [0.15, 0.2) is 0 Å². The third-order valence-corrected chi connectivity index (χ3v) is 4.63. The van der Waals surface area contributed by atoms with Gasteiger partial charge in [0, 0.05) is 24.9 Å². The molecule has 2 amide bonds. The van der Waals surface area contributed by atoms with Gasteiger partial charge in [-0.2, -0.15) is 0 Å². The Kier molecular flexibility index (Phi) is 4.84. The largest absolute Gasteiger partial charge is 0.481 e. The highest BCUT2D eigenvalue weighted by atomic mass is 32.1. The summed E-state index contributed by atoms with van der Waals surface area (Å²) in [5, 5.41) is 13.5. The molecule has 1 aliphatic heterocycles. The van der Waals surface area contributed by atoms with Crippen LogP contribution in [0.4, 0.5) is 4.79 Å². The van der Waals surface area contributed by atoms with Gasteiger partial charge in [-0.15, -0.1) is 11.3 Å². The van der Waals surface area contributed by atoms with Gasteiger partial charge in [0.1, 0.15) is 5.60 Å². The maximum absolute atomic E-state index is 12.0. The molecular weight excluding hydrogens is 292 g/mol. The van der Waals surface area contributed by atoms with Crippen LogP contribution >= 0.6 is 11.3 Å². The highest BCUT2D eigenvalue weighted by Gasteiger charge is 2.34. The maximum Gasteiger partial charge on any atom is 0.317 e. The number of carbonyl (C=O) groups excluding carboxylic acids is 1. The fraction of sp³-hybridized carbons (Fsp3) is 0.571. The van der Waals surface area contributed by atoms with Crippen LogP contribution in [0.1, 0.15) is 23.8 Å². The molecule has 0 fully saturated rings. The normalized spacial score (nSPS) is 20.7. The van der Waals surface area contributed by atoms with Crippen LogP contribution in [0, 0.1) is 0 Å². The van der Waals surface area contributed by atoms with Gasteiger partial charge in [0.2, 0.25) is 0 Å². The number of thiophene rings is 1. The Morgan fingerprint density at radius 2 is 2.33 bits per heavy atom. The Hall–Kier alpha value is -1.60. The lowest BCUT2D eigenvalue weighted by Gasteiger charge is -2.35. The summed E-state index contributed by atoms with van der Waals surface area (Å²) in [5.41, 5.74) is 0.615. The van der Waals surface area contributed by atoms with Gasteiger partial charge in [-0.25, -0.2) is 4.79 Å². The number of nitrogens with zero attached hydrogens (tertiary/aromatic N) is 1. The summed E-state index contributed by atoms with van der Waals surface area (Å²) < 4.78 is 5.86. The first-order valence-electron chi connectivity index (χ1n) is 6.84. The van der Waals surface area contributed by atoms with E-state index in [0.717, 1.165) is 12.0 Å². The van der Waals surface area contributed by atoms with Crippen molar-refractivity contribution in [3.63, 3.8) is 0 Å². The number of fused-ring (bicyclic) bond motifs is 1. The lowest BCUT2D eigenvalue weighted by Crippen LogP contribution is -2.47. The van der Waals surface area contributed by atoms with Crippen LogP contribution in [0.25, 0.3) is 0 Å². The lowest BCUT2D eigenvalue weighted by molar-refractivity contribution is -0.137. The molecule has 2 N–H and O–H groups in total. The van der Waals surface area contributed by atoms with Gasteiger partial charge in [0.25, 0.3) is 0 Å². The molecule has 0 aromatic carbocycles. The lowest BCUT2D eigenvalue weighted by atomic mass is 9.93. The van der Waals surface area contributed by atoms with Crippen LogP contribution in [-0.4, -0.2) is 48.8 Å². The predicted octanol–water partition coefficient (Wildman–Crippen LogP) is 1.65. The molecule has 0 saturated heterocycles. The van der Waals surface area contributed by atoms with Crippen LogP contribution in [0.15, 0.2) is 11.4 Å². The third-order valence-electron chi connectivity index (χ3n) is 3.65. The molecule has 7 heteroatoms. The van der Waals surface area contributed by atoms with E-state index in [1.54, 1.807) is 18.4 Å². The second-order valence-corrected chi connectivity index (χ2v) is 6.31. The van der Waals surface area contributed by atoms with Crippen molar-refractivity contribution in [1.29, 1.82) is 0 Å². The summed E-state index contributed by atoms with van der Waals surface area (Å²) in [7, 11) is 1.58. The van der Waals surface area contributed by atoms with Crippen molar-refractivity contribution >= 4 is 23.3 Å². The number of hydrogen-bond donors (Lipinski definition) is 2. The van der Waals surface area contributed by atoms with Gasteiger partial charge in [-0.1, -0.05) is 0 Å². The number of urea groups is 1. The number of carbonyl (C=O) groups is 2. The zero-order chi connectivity index (χ0) is 15.5. The van der Waals surface area contributed by atoms with Crippen LogP contribution in [0.3, 0.4) is 0 Å². The van der Waals surface area contributed by atoms with Gasteiger partial charge in [-0.05, 0) is 23.9 Å². The zero-order valence-corrected chi connectivity index (χ0v) is 13.0. The van der Waals surface area contributed by atoms with Crippen molar-refractivity contribution in [2.45, 2.75) is 25.4 Å². The number of carboxylic acids is 1. The fourth-order valence-corrected chi connectivity index (χ4v) is 3.32. The summed E-state index contributed by atoms with van der Waals surface area (Å²) in [6, 6.07) is 1.75. The van der Waals surface area contributed by atoms with E-state index in [9.17, 15) is 9.59 Å². The van der Waals surface area contributed by atoms with Crippen LogP contribution < -0.4 is 5.32 Å². The van der Waals surface area contributed by atoms with Crippen LogP contribution in [-0.2, 0) is 21.6 Å². The number of amides is 2. The van der Waals surface area contributed by atoms with Crippen molar-refractivity contribution in [2.75, 3.05) is 26.7 Å². The minimum Gasteiger partial charge on any atom is -0.481 e. The number of rotatable bonds is 5. The zero-order valence-electron chi connectivity index (χ0n) is 12.2. The number of carboxylic acid groups (broad SMARTS) is 1. The standard InChI is InChI=1S/C14H20N2O4S/c1-14(10-5-8-21-11(10)4-7-20-14)9-15-13(19)16(2)6-3-12(17)18/h5,8H,3-4,6-7,9H2,1-2H3,(H,15,19)(H,17,18). The Bertz CT molecular complexity index is 531. The maximum atomic E-state index is 12.0. The van der Waals surface area contributed by atoms with E-state index in [1.165, 1.54) is 9.78 Å². The topological polar surface area (TPSA) is 78.9 Å². The summed E-state index contributed by atoms with van der Waals surface area (Å²) >= 11 is 1.71. The molecule has 2 rings (SSSR count). The molecule has 0 bridgehead atoms. The van der Waals surface area contributed by atoms with Gasteiger partial charge in [0.05, 0.1) is 19.6 Å². The van der Waals surface area contributed by atoms with Gasteiger partial charge in [-0.3, -0.25) is 4.79 Å². The minimum atomic E-state index is -0.917. The second-order valence-electron chi connectivity index (χ2n) is 5.31. The Morgan fingerprint density at radius 1 is 1.57 bits per heavy atom. The van der Waals surface area contributed by atoms with Crippen molar-refractivity contribution < 1.29 is 19.4 Å². The molecule has 1 atom stereocenters. The second kappa shape index (κ2) is 6.44. The van der Waals surface area contributed by atoms with E-state index in [1.807, 2.05) is 18.4 Å². The quantitative estimate of drug-likeness (QED) is 0.866. The number of hydrogen-bond acceptors (Lipinski definition) is 4. The molecule has 0 saturated carbocycles. The van der Waals surface area contributed by atoms with E-state index in [-0.39, 0.29) is 19.0 Å². The Morgan fingerprint density at radius 3 is 3.05 bits per heavy atom. The molecule has 116 valence electrons. The third kappa shape index (κ3) is 3.74. The molecule has 0 spiro atoms. The number of nitrogens with one attached hydrogen (secondary N) is 1. The summed E-state index contributed by atoms with van der Waals surface area (Å²) in [4.78, 5) is 25.1. The smallest absolute Gasteiger partial charge is 0.317 e. The van der Waals surface area contributed by atoms with Crippen molar-refractivity contribution in [1.82, 2.24) is 10.2 Å². The Balaban J connectivity index is 1.91. The van der Waals surface area contributed by atoms with E-state index in [2.05, 4.69) is 5.32 Å². The Labute approximate surface area is 127 Å². The first kappa shape index (κ1) is 15.8. The number of ether oxygens (including phenoxy) is 1. The van der Waals surface area contributed by atoms with Crippen molar-refractivity contribution in [3.05, 3.63) is 21.9 Å². The molecule has 2 heterocycles. The molecule has 6 nitrogen and oxygen atoms in total. The molecule has 21 heavy (non-hydrogen) atoms. The van der Waals surface area contributed by atoms with E-state index in [0.29, 0.717) is 13.2 Å². The molecule has 1 aromatic heterocycles. The summed E-state index contributed by atoms with van der Waals surface area (Å²) in [6.07, 6.45) is 0.849. The van der Waals surface area contributed by atoms with E-state index < -0.39 is 11.6 Å². The molecule has 0 radical (unpaired) electrons. The molecule has 1 aliphatic rings. The molecular formula is C14H20N2O4S. The van der Waals surface area contributed by atoms with Crippen LogP contribution in [0.2, 0.25) is 0 Å². The van der Waals surface area contributed by atoms with Gasteiger partial charge >= 0.3 is 12.0 Å². The highest BCUT2D eigenvalue weighted by molar-refractivity contribution is 7.10. The SMILES string of the molecule is CN(CCC(=O)O)C(=O)NCC1(C)OCCc2sccc21. The number of aliphatic carboxylic acids is 1. The first-order chi connectivity index (χ1) is 9.92. The van der Waals surface area contributed by atoms with Crippen LogP contribution in [0.5, 0.6) is 0 Å². The minimum absolute atomic E-state index is 0.0631. The fourth-order valence-electron chi connectivity index (χ4n) is 2.34. The summed E-state index contributed by atoms with van der Waals surface area (Å²) in [6.45, 7) is 3.17. The summed E-state index contributed by atoms with van der Waals surface area (Å²) in [5.74, 6) is -0.917. The highest BCUT2D eigenvalue weighted by Crippen LogP contribution is 2.35.